The monoisotopic (exact) mass is 327 g/mol. The first-order valence-electron chi connectivity index (χ1n) is 7.41. The highest BCUT2D eigenvalue weighted by atomic mass is 19.3. The van der Waals surface area contributed by atoms with Crippen molar-refractivity contribution in [2.24, 2.45) is 0 Å². The first kappa shape index (κ1) is 17.2. The topological polar surface area (TPSA) is 66.8 Å². The molecule has 2 rings (SSSR count). The van der Waals surface area contributed by atoms with E-state index in [1.807, 2.05) is 0 Å². The molecule has 1 fully saturated rings. The second-order valence-corrected chi connectivity index (χ2v) is 5.67. The van der Waals surface area contributed by atoms with Gasteiger partial charge in [0.05, 0.1) is 0 Å². The van der Waals surface area contributed by atoms with Gasteiger partial charge in [-0.1, -0.05) is 0 Å². The largest absolute Gasteiger partial charge is 0.480 e. The SMILES string of the molecule is Cc1cc(C(=O)N2CCCCC2C(=O)O)cc(C)c1OC(F)F. The smallest absolute Gasteiger partial charge is 0.387 e. The van der Waals surface area contributed by atoms with E-state index >= 15 is 0 Å². The quantitative estimate of drug-likeness (QED) is 0.923. The molecule has 5 nitrogen and oxygen atoms in total. The maximum atomic E-state index is 12.6. The zero-order valence-corrected chi connectivity index (χ0v) is 13.0. The van der Waals surface area contributed by atoms with Crippen molar-refractivity contribution in [3.05, 3.63) is 28.8 Å². The number of hydrogen-bond acceptors (Lipinski definition) is 3. The number of amides is 1. The molecule has 7 heteroatoms. The van der Waals surface area contributed by atoms with Crippen molar-refractivity contribution in [3.8, 4) is 5.75 Å². The Balaban J connectivity index is 2.30. The summed E-state index contributed by atoms with van der Waals surface area (Å²) < 4.78 is 29.3. The number of halogens is 2. The van der Waals surface area contributed by atoms with Gasteiger partial charge in [-0.25, -0.2) is 4.79 Å². The van der Waals surface area contributed by atoms with Gasteiger partial charge >= 0.3 is 12.6 Å². The molecule has 0 aromatic heterocycles. The molecule has 1 heterocycles. The Labute approximate surface area is 132 Å². The summed E-state index contributed by atoms with van der Waals surface area (Å²) >= 11 is 0. The van der Waals surface area contributed by atoms with E-state index in [1.54, 1.807) is 13.8 Å². The van der Waals surface area contributed by atoms with Crippen molar-refractivity contribution in [2.75, 3.05) is 6.54 Å². The molecular weight excluding hydrogens is 308 g/mol. The van der Waals surface area contributed by atoms with Crippen LogP contribution in [0.25, 0.3) is 0 Å². The van der Waals surface area contributed by atoms with Crippen molar-refractivity contribution in [1.82, 2.24) is 4.90 Å². The van der Waals surface area contributed by atoms with E-state index in [0.717, 1.165) is 12.8 Å². The van der Waals surface area contributed by atoms with Crippen molar-refractivity contribution in [3.63, 3.8) is 0 Å². The van der Waals surface area contributed by atoms with Gasteiger partial charge in [0, 0.05) is 12.1 Å². The van der Waals surface area contributed by atoms with Crippen LogP contribution in [0.1, 0.15) is 40.7 Å². The van der Waals surface area contributed by atoms with Crippen LogP contribution in [-0.4, -0.2) is 41.1 Å². The fraction of sp³-hybridized carbons (Fsp3) is 0.500. The van der Waals surface area contributed by atoms with Crippen LogP contribution in [0, 0.1) is 13.8 Å². The molecule has 1 aliphatic rings. The Morgan fingerprint density at radius 3 is 2.39 bits per heavy atom. The number of nitrogens with zero attached hydrogens (tertiary/aromatic N) is 1. The van der Waals surface area contributed by atoms with Gasteiger partial charge in [-0.3, -0.25) is 4.79 Å². The number of rotatable bonds is 4. The Kier molecular flexibility index (Phi) is 5.18. The van der Waals surface area contributed by atoms with Crippen LogP contribution in [-0.2, 0) is 4.79 Å². The number of likely N-dealkylation sites (tertiary alicyclic amines) is 1. The molecule has 0 saturated carbocycles. The lowest BCUT2D eigenvalue weighted by molar-refractivity contribution is -0.143. The summed E-state index contributed by atoms with van der Waals surface area (Å²) in [5.41, 5.74) is 1.12. The molecule has 23 heavy (non-hydrogen) atoms. The molecule has 1 aromatic rings. The maximum Gasteiger partial charge on any atom is 0.387 e. The van der Waals surface area contributed by atoms with Crippen molar-refractivity contribution >= 4 is 11.9 Å². The van der Waals surface area contributed by atoms with E-state index in [1.165, 1.54) is 17.0 Å². The third kappa shape index (κ3) is 3.78. The third-order valence-corrected chi connectivity index (χ3v) is 3.96. The number of alkyl halides is 2. The summed E-state index contributed by atoms with van der Waals surface area (Å²) in [4.78, 5) is 25.3. The molecular formula is C16H19F2NO4. The number of piperidine rings is 1. The molecule has 1 amide bonds. The summed E-state index contributed by atoms with van der Waals surface area (Å²) in [5, 5.41) is 9.26. The van der Waals surface area contributed by atoms with Crippen LogP contribution in [0.5, 0.6) is 5.75 Å². The zero-order valence-electron chi connectivity index (χ0n) is 13.0. The summed E-state index contributed by atoms with van der Waals surface area (Å²) in [7, 11) is 0. The van der Waals surface area contributed by atoms with Crippen LogP contribution < -0.4 is 4.74 Å². The van der Waals surface area contributed by atoms with Crippen molar-refractivity contribution < 1.29 is 28.2 Å². The predicted octanol–water partition coefficient (Wildman–Crippen LogP) is 2.98. The molecule has 0 spiro atoms. The zero-order chi connectivity index (χ0) is 17.1. The second kappa shape index (κ2) is 6.93. The van der Waals surface area contributed by atoms with E-state index in [-0.39, 0.29) is 11.3 Å². The molecule has 1 aliphatic heterocycles. The molecule has 1 atom stereocenters. The van der Waals surface area contributed by atoms with Crippen LogP contribution in [0.2, 0.25) is 0 Å². The fourth-order valence-electron chi connectivity index (χ4n) is 2.95. The van der Waals surface area contributed by atoms with Gasteiger partial charge in [0.1, 0.15) is 11.8 Å². The Morgan fingerprint density at radius 2 is 1.87 bits per heavy atom. The van der Waals surface area contributed by atoms with Crippen molar-refractivity contribution in [1.29, 1.82) is 0 Å². The highest BCUT2D eigenvalue weighted by molar-refractivity contribution is 5.97. The van der Waals surface area contributed by atoms with Gasteiger partial charge in [-0.2, -0.15) is 8.78 Å². The summed E-state index contributed by atoms with van der Waals surface area (Å²) in [6.07, 6.45) is 1.94. The van der Waals surface area contributed by atoms with Crippen LogP contribution >= 0.6 is 0 Å². The first-order valence-corrected chi connectivity index (χ1v) is 7.41. The number of aryl methyl sites for hydroxylation is 2. The molecule has 1 N–H and O–H groups in total. The Hall–Kier alpha value is -2.18. The van der Waals surface area contributed by atoms with Gasteiger partial charge in [0.15, 0.2) is 0 Å². The highest BCUT2D eigenvalue weighted by Gasteiger charge is 2.32. The van der Waals surface area contributed by atoms with Gasteiger partial charge in [0.2, 0.25) is 0 Å². The number of carbonyl (C=O) groups excluding carboxylic acids is 1. The summed E-state index contributed by atoms with van der Waals surface area (Å²) in [5.74, 6) is -1.37. The lowest BCUT2D eigenvalue weighted by Crippen LogP contribution is -2.48. The number of carbonyl (C=O) groups is 2. The lowest BCUT2D eigenvalue weighted by Gasteiger charge is -2.33. The molecule has 1 aromatic carbocycles. The van der Waals surface area contributed by atoms with Crippen LogP contribution in [0.15, 0.2) is 12.1 Å². The van der Waals surface area contributed by atoms with Crippen LogP contribution in [0.4, 0.5) is 8.78 Å². The normalized spacial score (nSPS) is 18.1. The standard InChI is InChI=1S/C16H19F2NO4/c1-9-7-11(8-10(2)13(9)23-16(17)18)14(20)19-6-4-3-5-12(19)15(21)22/h7-8,12,16H,3-6H2,1-2H3,(H,21,22). The number of carboxylic acids is 1. The minimum absolute atomic E-state index is 0.0463. The van der Waals surface area contributed by atoms with Crippen molar-refractivity contribution in [2.45, 2.75) is 45.8 Å². The van der Waals surface area contributed by atoms with Gasteiger partial charge < -0.3 is 14.7 Å². The Morgan fingerprint density at radius 1 is 1.26 bits per heavy atom. The third-order valence-electron chi connectivity index (χ3n) is 3.96. The number of aliphatic carboxylic acids is 1. The number of carboxylic acid groups (broad SMARTS) is 1. The average molecular weight is 327 g/mol. The minimum atomic E-state index is -2.94. The maximum absolute atomic E-state index is 12.6. The molecule has 1 unspecified atom stereocenters. The number of hydrogen-bond donors (Lipinski definition) is 1. The Bertz CT molecular complexity index is 595. The van der Waals surface area contributed by atoms with E-state index in [4.69, 9.17) is 0 Å². The summed E-state index contributed by atoms with van der Waals surface area (Å²) in [6, 6.07) is 2.08. The van der Waals surface area contributed by atoms with Gasteiger partial charge in [-0.15, -0.1) is 0 Å². The second-order valence-electron chi connectivity index (χ2n) is 5.67. The number of benzene rings is 1. The lowest BCUT2D eigenvalue weighted by atomic mass is 9.99. The number of ether oxygens (including phenoxy) is 1. The molecule has 126 valence electrons. The predicted molar refractivity (Wildman–Crippen MR) is 78.9 cm³/mol. The molecule has 0 aliphatic carbocycles. The van der Waals surface area contributed by atoms with E-state index in [9.17, 15) is 23.5 Å². The average Bonchev–Trinajstić information content (AvgIpc) is 2.49. The molecule has 0 radical (unpaired) electrons. The van der Waals surface area contributed by atoms with Crippen LogP contribution in [0.3, 0.4) is 0 Å². The van der Waals surface area contributed by atoms with E-state index in [0.29, 0.717) is 24.1 Å². The first-order chi connectivity index (χ1) is 10.8. The van der Waals surface area contributed by atoms with E-state index in [2.05, 4.69) is 4.74 Å². The highest BCUT2D eigenvalue weighted by Crippen LogP contribution is 2.28. The molecule has 0 bridgehead atoms. The minimum Gasteiger partial charge on any atom is -0.480 e. The van der Waals surface area contributed by atoms with Gasteiger partial charge in [-0.05, 0) is 56.4 Å². The van der Waals surface area contributed by atoms with Gasteiger partial charge in [0.25, 0.3) is 5.91 Å². The summed E-state index contributed by atoms with van der Waals surface area (Å²) in [6.45, 7) is 0.592. The van der Waals surface area contributed by atoms with E-state index < -0.39 is 24.5 Å². The molecule has 1 saturated heterocycles. The fourth-order valence-corrected chi connectivity index (χ4v) is 2.95.